The summed E-state index contributed by atoms with van der Waals surface area (Å²) in [6.07, 6.45) is 0.265. The van der Waals surface area contributed by atoms with Crippen molar-refractivity contribution in [2.24, 2.45) is 0 Å². The highest BCUT2D eigenvalue weighted by Crippen LogP contribution is 2.32. The molecule has 5 heteroatoms. The second-order valence-electron chi connectivity index (χ2n) is 5.98. The number of carbonyl (C=O) groups is 2. The molecule has 0 fully saturated rings. The number of likely N-dealkylation sites (N-methyl/N-ethyl adjacent to an activating group) is 1. The van der Waals surface area contributed by atoms with Gasteiger partial charge in [0.25, 0.3) is 5.91 Å². The predicted molar refractivity (Wildman–Crippen MR) is 92.1 cm³/mol. The molecule has 1 aliphatic rings. The van der Waals surface area contributed by atoms with E-state index in [9.17, 15) is 9.59 Å². The fourth-order valence-corrected chi connectivity index (χ4v) is 2.58. The topological polar surface area (TPSA) is 58.6 Å². The standard InChI is InChI=1S/C19H20N2O3/c1-13-3-5-14(6-4-13)11-20-18(22)10-15-7-8-17-16(9-15)21(2)19(23)12-24-17/h3-9H,10-12H2,1-2H3,(H,20,22). The molecule has 3 rings (SSSR count). The average Bonchev–Trinajstić information content (AvgIpc) is 2.58. The highest BCUT2D eigenvalue weighted by atomic mass is 16.5. The molecule has 2 aromatic carbocycles. The number of aryl methyl sites for hydroxylation is 1. The van der Waals surface area contributed by atoms with Crippen molar-refractivity contribution in [1.82, 2.24) is 5.32 Å². The van der Waals surface area contributed by atoms with Crippen LogP contribution in [0, 0.1) is 6.92 Å². The first-order chi connectivity index (χ1) is 11.5. The number of hydrogen-bond acceptors (Lipinski definition) is 3. The number of nitrogens with one attached hydrogen (secondary N) is 1. The molecule has 5 nitrogen and oxygen atoms in total. The van der Waals surface area contributed by atoms with Crippen LogP contribution in [-0.2, 0) is 22.6 Å². The SMILES string of the molecule is Cc1ccc(CNC(=O)Cc2ccc3c(c2)N(C)C(=O)CO3)cc1. The zero-order valence-corrected chi connectivity index (χ0v) is 13.8. The fourth-order valence-electron chi connectivity index (χ4n) is 2.58. The van der Waals surface area contributed by atoms with Gasteiger partial charge in [-0.1, -0.05) is 35.9 Å². The highest BCUT2D eigenvalue weighted by molar-refractivity contribution is 5.97. The lowest BCUT2D eigenvalue weighted by Gasteiger charge is -2.26. The maximum absolute atomic E-state index is 12.1. The zero-order valence-electron chi connectivity index (χ0n) is 13.8. The smallest absolute Gasteiger partial charge is 0.264 e. The summed E-state index contributed by atoms with van der Waals surface area (Å²) in [6, 6.07) is 13.6. The summed E-state index contributed by atoms with van der Waals surface area (Å²) in [5.74, 6) is 0.519. The summed E-state index contributed by atoms with van der Waals surface area (Å²) in [5, 5.41) is 2.92. The Kier molecular flexibility index (Phi) is 4.51. The third-order valence-corrected chi connectivity index (χ3v) is 4.08. The summed E-state index contributed by atoms with van der Waals surface area (Å²) in [6.45, 7) is 2.59. The molecular weight excluding hydrogens is 304 g/mol. The molecule has 1 heterocycles. The van der Waals surface area contributed by atoms with Crippen LogP contribution in [0.3, 0.4) is 0 Å². The molecule has 0 radical (unpaired) electrons. The molecule has 1 N–H and O–H groups in total. The quantitative estimate of drug-likeness (QED) is 0.938. The molecule has 2 amide bonds. The normalized spacial score (nSPS) is 13.2. The average molecular weight is 324 g/mol. The third kappa shape index (κ3) is 3.56. The van der Waals surface area contributed by atoms with Crippen LogP contribution in [-0.4, -0.2) is 25.5 Å². The fraction of sp³-hybridized carbons (Fsp3) is 0.263. The Morgan fingerprint density at radius 3 is 2.62 bits per heavy atom. The molecule has 0 aliphatic carbocycles. The van der Waals surface area contributed by atoms with Crippen LogP contribution >= 0.6 is 0 Å². The van der Waals surface area contributed by atoms with E-state index in [0.717, 1.165) is 11.1 Å². The summed E-state index contributed by atoms with van der Waals surface area (Å²) in [4.78, 5) is 25.4. The molecule has 0 unspecified atom stereocenters. The molecule has 124 valence electrons. The number of carbonyl (C=O) groups excluding carboxylic acids is 2. The van der Waals surface area contributed by atoms with Gasteiger partial charge in [-0.2, -0.15) is 0 Å². The molecule has 0 aromatic heterocycles. The van der Waals surface area contributed by atoms with Crippen molar-refractivity contribution in [1.29, 1.82) is 0 Å². The monoisotopic (exact) mass is 324 g/mol. The largest absolute Gasteiger partial charge is 0.482 e. The molecule has 0 bridgehead atoms. The van der Waals surface area contributed by atoms with Crippen molar-refractivity contribution in [2.45, 2.75) is 19.9 Å². The van der Waals surface area contributed by atoms with Crippen LogP contribution < -0.4 is 15.0 Å². The first-order valence-electron chi connectivity index (χ1n) is 7.87. The first-order valence-corrected chi connectivity index (χ1v) is 7.87. The summed E-state index contributed by atoms with van der Waals surface area (Å²) in [7, 11) is 1.71. The lowest BCUT2D eigenvalue weighted by Crippen LogP contribution is -2.35. The van der Waals surface area contributed by atoms with Gasteiger partial charge >= 0.3 is 0 Å². The summed E-state index contributed by atoms with van der Waals surface area (Å²) < 4.78 is 5.39. The Balaban J connectivity index is 1.62. The van der Waals surface area contributed by atoms with Crippen LogP contribution in [0.1, 0.15) is 16.7 Å². The molecule has 0 saturated carbocycles. The molecule has 1 aliphatic heterocycles. The van der Waals surface area contributed by atoms with Crippen molar-refractivity contribution in [3.8, 4) is 5.75 Å². The van der Waals surface area contributed by atoms with E-state index in [-0.39, 0.29) is 24.8 Å². The van der Waals surface area contributed by atoms with Crippen LogP contribution in [0.4, 0.5) is 5.69 Å². The van der Waals surface area contributed by atoms with Gasteiger partial charge in [-0.15, -0.1) is 0 Å². The Morgan fingerprint density at radius 2 is 1.88 bits per heavy atom. The van der Waals surface area contributed by atoms with Crippen molar-refractivity contribution in [2.75, 3.05) is 18.6 Å². The van der Waals surface area contributed by atoms with Gasteiger partial charge in [0.1, 0.15) is 5.75 Å². The second kappa shape index (κ2) is 6.74. The van der Waals surface area contributed by atoms with Crippen molar-refractivity contribution in [3.05, 3.63) is 59.2 Å². The van der Waals surface area contributed by atoms with Crippen LogP contribution in [0.15, 0.2) is 42.5 Å². The molecule has 24 heavy (non-hydrogen) atoms. The Bertz CT molecular complexity index is 769. The van der Waals surface area contributed by atoms with E-state index in [0.29, 0.717) is 18.0 Å². The number of hydrogen-bond donors (Lipinski definition) is 1. The van der Waals surface area contributed by atoms with Gasteiger partial charge in [0.2, 0.25) is 5.91 Å². The maximum Gasteiger partial charge on any atom is 0.264 e. The summed E-state index contributed by atoms with van der Waals surface area (Å²) in [5.41, 5.74) is 3.81. The third-order valence-electron chi connectivity index (χ3n) is 4.08. The molecular formula is C19H20N2O3. The number of fused-ring (bicyclic) bond motifs is 1. The van der Waals surface area contributed by atoms with E-state index < -0.39 is 0 Å². The second-order valence-corrected chi connectivity index (χ2v) is 5.98. The Hall–Kier alpha value is -2.82. The van der Waals surface area contributed by atoms with E-state index in [4.69, 9.17) is 4.74 Å². The first kappa shape index (κ1) is 16.1. The minimum atomic E-state index is -0.0940. The van der Waals surface area contributed by atoms with Crippen LogP contribution in [0.2, 0.25) is 0 Å². The highest BCUT2D eigenvalue weighted by Gasteiger charge is 2.22. The van der Waals surface area contributed by atoms with Gasteiger partial charge in [0, 0.05) is 13.6 Å². The number of ether oxygens (including phenoxy) is 1. The van der Waals surface area contributed by atoms with E-state index in [1.54, 1.807) is 18.0 Å². The lowest BCUT2D eigenvalue weighted by atomic mass is 10.1. The van der Waals surface area contributed by atoms with Gasteiger partial charge in [-0.25, -0.2) is 0 Å². The van der Waals surface area contributed by atoms with Crippen LogP contribution in [0.5, 0.6) is 5.75 Å². The molecule has 0 atom stereocenters. The van der Waals surface area contributed by atoms with Gasteiger partial charge in [0.05, 0.1) is 12.1 Å². The van der Waals surface area contributed by atoms with Gasteiger partial charge < -0.3 is 15.0 Å². The van der Waals surface area contributed by atoms with Crippen molar-refractivity contribution < 1.29 is 14.3 Å². The summed E-state index contributed by atoms with van der Waals surface area (Å²) >= 11 is 0. The number of amides is 2. The number of rotatable bonds is 4. The van der Waals surface area contributed by atoms with Gasteiger partial charge in [0.15, 0.2) is 6.61 Å². The minimum absolute atomic E-state index is 0.0544. The maximum atomic E-state index is 12.1. The molecule has 2 aromatic rings. The molecule has 0 spiro atoms. The van der Waals surface area contributed by atoms with E-state index in [1.807, 2.05) is 43.3 Å². The Labute approximate surface area is 141 Å². The van der Waals surface area contributed by atoms with Gasteiger partial charge in [-0.05, 0) is 30.2 Å². The van der Waals surface area contributed by atoms with Crippen molar-refractivity contribution >= 4 is 17.5 Å². The number of anilines is 1. The number of benzene rings is 2. The van der Waals surface area contributed by atoms with E-state index in [1.165, 1.54) is 5.56 Å². The number of nitrogens with zero attached hydrogens (tertiary/aromatic N) is 1. The Morgan fingerprint density at radius 1 is 1.17 bits per heavy atom. The lowest BCUT2D eigenvalue weighted by molar-refractivity contribution is -0.121. The zero-order chi connectivity index (χ0) is 17.1. The van der Waals surface area contributed by atoms with Crippen molar-refractivity contribution in [3.63, 3.8) is 0 Å². The minimum Gasteiger partial charge on any atom is -0.482 e. The van der Waals surface area contributed by atoms with Crippen LogP contribution in [0.25, 0.3) is 0 Å². The van der Waals surface area contributed by atoms with E-state index in [2.05, 4.69) is 5.32 Å². The predicted octanol–water partition coefficient (Wildman–Crippen LogP) is 2.21. The molecule has 0 saturated heterocycles. The van der Waals surface area contributed by atoms with Gasteiger partial charge in [-0.3, -0.25) is 9.59 Å². The van der Waals surface area contributed by atoms with E-state index >= 15 is 0 Å².